The molecule has 1 aromatic carbocycles. The van der Waals surface area contributed by atoms with Gasteiger partial charge in [-0.3, -0.25) is 14.5 Å². The van der Waals surface area contributed by atoms with Crippen LogP contribution in [-0.2, 0) is 9.59 Å². The van der Waals surface area contributed by atoms with Crippen molar-refractivity contribution in [2.24, 2.45) is 0 Å². The Bertz CT molecular complexity index is 523. The van der Waals surface area contributed by atoms with Crippen molar-refractivity contribution in [1.82, 2.24) is 0 Å². The summed E-state index contributed by atoms with van der Waals surface area (Å²) in [7, 11) is 0. The highest BCUT2D eigenvalue weighted by molar-refractivity contribution is 6.05. The molecule has 1 aromatic rings. The number of aromatic hydroxyl groups is 1. The van der Waals surface area contributed by atoms with Crippen LogP contribution < -0.4 is 9.64 Å². The molecule has 1 heterocycles. The molecule has 1 aliphatic rings. The van der Waals surface area contributed by atoms with E-state index in [4.69, 9.17) is 9.84 Å². The van der Waals surface area contributed by atoms with Crippen LogP contribution in [0.2, 0.25) is 0 Å². The fourth-order valence-corrected chi connectivity index (χ4v) is 1.85. The summed E-state index contributed by atoms with van der Waals surface area (Å²) in [4.78, 5) is 24.0. The van der Waals surface area contributed by atoms with Gasteiger partial charge in [-0.05, 0) is 26.0 Å². The maximum atomic E-state index is 12.1. The fourth-order valence-electron chi connectivity index (χ4n) is 1.85. The zero-order chi connectivity index (χ0) is 13.5. The highest BCUT2D eigenvalue weighted by Crippen LogP contribution is 2.39. The molecule has 0 spiro atoms. The number of anilines is 1. The zero-order valence-corrected chi connectivity index (χ0v) is 10.0. The fraction of sp³-hybridized carbons (Fsp3) is 0.333. The number of ether oxygens (including phenoxy) is 1. The van der Waals surface area contributed by atoms with Gasteiger partial charge in [0.15, 0.2) is 5.60 Å². The molecule has 1 aliphatic heterocycles. The second kappa shape index (κ2) is 3.90. The summed E-state index contributed by atoms with van der Waals surface area (Å²) in [5.41, 5.74) is -0.860. The van der Waals surface area contributed by atoms with Crippen LogP contribution in [-0.4, -0.2) is 34.2 Å². The van der Waals surface area contributed by atoms with E-state index in [-0.39, 0.29) is 11.4 Å². The molecule has 0 radical (unpaired) electrons. The average molecular weight is 251 g/mol. The molecule has 2 rings (SSSR count). The minimum atomic E-state index is -1.13. The van der Waals surface area contributed by atoms with Crippen molar-refractivity contribution in [2.75, 3.05) is 11.4 Å². The monoisotopic (exact) mass is 251 g/mol. The number of rotatable bonds is 2. The van der Waals surface area contributed by atoms with Crippen LogP contribution in [0.15, 0.2) is 18.2 Å². The Kier molecular flexibility index (Phi) is 2.65. The number of amides is 1. The molecule has 0 unspecified atom stereocenters. The first-order chi connectivity index (χ1) is 8.31. The molecule has 6 nitrogen and oxygen atoms in total. The Balaban J connectivity index is 2.53. The third-order valence-electron chi connectivity index (χ3n) is 2.65. The standard InChI is InChI=1S/C12H13NO5/c1-12(2)11(17)13(6-10(15)16)8-5-7(14)3-4-9(8)18-12/h3-5,14H,6H2,1-2H3,(H,15,16). The maximum Gasteiger partial charge on any atom is 0.323 e. The summed E-state index contributed by atoms with van der Waals surface area (Å²) >= 11 is 0. The smallest absolute Gasteiger partial charge is 0.323 e. The van der Waals surface area contributed by atoms with E-state index >= 15 is 0 Å². The van der Waals surface area contributed by atoms with E-state index in [0.717, 1.165) is 4.90 Å². The lowest BCUT2D eigenvalue weighted by Crippen LogP contribution is -2.53. The van der Waals surface area contributed by atoms with Gasteiger partial charge in [-0.2, -0.15) is 0 Å². The van der Waals surface area contributed by atoms with Crippen LogP contribution >= 0.6 is 0 Å². The average Bonchev–Trinajstić information content (AvgIpc) is 2.25. The van der Waals surface area contributed by atoms with Crippen molar-refractivity contribution in [3.63, 3.8) is 0 Å². The van der Waals surface area contributed by atoms with Gasteiger partial charge in [0.25, 0.3) is 5.91 Å². The van der Waals surface area contributed by atoms with Crippen molar-refractivity contribution < 1.29 is 24.5 Å². The second-order valence-electron chi connectivity index (χ2n) is 4.55. The van der Waals surface area contributed by atoms with Gasteiger partial charge in [-0.15, -0.1) is 0 Å². The topological polar surface area (TPSA) is 87.1 Å². The lowest BCUT2D eigenvalue weighted by Gasteiger charge is -2.38. The molecule has 0 aliphatic carbocycles. The number of fused-ring (bicyclic) bond motifs is 1. The molecule has 0 atom stereocenters. The first kappa shape index (κ1) is 12.2. The number of carbonyl (C=O) groups excluding carboxylic acids is 1. The van der Waals surface area contributed by atoms with Gasteiger partial charge in [0, 0.05) is 6.07 Å². The van der Waals surface area contributed by atoms with Gasteiger partial charge in [0.1, 0.15) is 18.0 Å². The number of phenols is 1. The van der Waals surface area contributed by atoms with E-state index in [1.807, 2.05) is 0 Å². The van der Waals surface area contributed by atoms with Crippen LogP contribution in [0.4, 0.5) is 5.69 Å². The number of carbonyl (C=O) groups is 2. The molecule has 18 heavy (non-hydrogen) atoms. The molecule has 0 bridgehead atoms. The number of hydrogen-bond acceptors (Lipinski definition) is 4. The Morgan fingerprint density at radius 2 is 2.11 bits per heavy atom. The van der Waals surface area contributed by atoms with E-state index in [2.05, 4.69) is 0 Å². The van der Waals surface area contributed by atoms with Gasteiger partial charge < -0.3 is 14.9 Å². The molecule has 0 fully saturated rings. The van der Waals surface area contributed by atoms with Crippen molar-refractivity contribution >= 4 is 17.6 Å². The lowest BCUT2D eigenvalue weighted by molar-refractivity contribution is -0.139. The minimum Gasteiger partial charge on any atom is -0.508 e. The normalized spacial score (nSPS) is 17.0. The summed E-state index contributed by atoms with van der Waals surface area (Å²) < 4.78 is 5.50. The highest BCUT2D eigenvalue weighted by atomic mass is 16.5. The highest BCUT2D eigenvalue weighted by Gasteiger charge is 2.41. The minimum absolute atomic E-state index is 0.0553. The Morgan fingerprint density at radius 1 is 1.44 bits per heavy atom. The second-order valence-corrected chi connectivity index (χ2v) is 4.55. The molecule has 0 saturated heterocycles. The van der Waals surface area contributed by atoms with Crippen molar-refractivity contribution in [3.05, 3.63) is 18.2 Å². The molecule has 1 amide bonds. The molecule has 6 heteroatoms. The van der Waals surface area contributed by atoms with Gasteiger partial charge in [0.05, 0.1) is 5.69 Å². The number of phenolic OH excluding ortho intramolecular Hbond substituents is 1. The Morgan fingerprint density at radius 3 is 2.72 bits per heavy atom. The van der Waals surface area contributed by atoms with Crippen LogP contribution in [0, 0.1) is 0 Å². The van der Waals surface area contributed by atoms with Crippen molar-refractivity contribution in [3.8, 4) is 11.5 Å². The van der Waals surface area contributed by atoms with Crippen LogP contribution in [0.1, 0.15) is 13.8 Å². The number of hydrogen-bond donors (Lipinski definition) is 2. The van der Waals surface area contributed by atoms with Gasteiger partial charge in [0.2, 0.25) is 0 Å². The van der Waals surface area contributed by atoms with Crippen LogP contribution in [0.25, 0.3) is 0 Å². The summed E-state index contributed by atoms with van der Waals surface area (Å²) in [5, 5.41) is 18.3. The largest absolute Gasteiger partial charge is 0.508 e. The number of nitrogens with zero attached hydrogens (tertiary/aromatic N) is 1. The Hall–Kier alpha value is -2.24. The summed E-state index contributed by atoms with van der Waals surface area (Å²) in [5.74, 6) is -1.27. The molecule has 2 N–H and O–H groups in total. The zero-order valence-electron chi connectivity index (χ0n) is 10.0. The van der Waals surface area contributed by atoms with Gasteiger partial charge >= 0.3 is 5.97 Å². The van der Waals surface area contributed by atoms with Crippen molar-refractivity contribution in [1.29, 1.82) is 0 Å². The maximum absolute atomic E-state index is 12.1. The summed E-state index contributed by atoms with van der Waals surface area (Å²) in [6, 6.07) is 4.24. The predicted octanol–water partition coefficient (Wildman–Crippen LogP) is 0.981. The SMILES string of the molecule is CC1(C)Oc2ccc(O)cc2N(CC(=O)O)C1=O. The number of carboxylic acids is 1. The van der Waals surface area contributed by atoms with E-state index in [9.17, 15) is 14.7 Å². The van der Waals surface area contributed by atoms with Crippen molar-refractivity contribution in [2.45, 2.75) is 19.4 Å². The summed E-state index contributed by atoms with van der Waals surface area (Å²) in [6.07, 6.45) is 0. The molecule has 96 valence electrons. The number of benzene rings is 1. The third-order valence-corrected chi connectivity index (χ3v) is 2.65. The lowest BCUT2D eigenvalue weighted by atomic mass is 10.0. The quantitative estimate of drug-likeness (QED) is 0.818. The summed E-state index contributed by atoms with van der Waals surface area (Å²) in [6.45, 7) is 2.67. The van der Waals surface area contributed by atoms with E-state index in [1.165, 1.54) is 18.2 Å². The number of carboxylic acid groups (broad SMARTS) is 1. The Labute approximate surface area is 103 Å². The molecular formula is C12H13NO5. The van der Waals surface area contributed by atoms with E-state index < -0.39 is 24.0 Å². The third kappa shape index (κ3) is 1.97. The first-order valence-corrected chi connectivity index (χ1v) is 5.37. The molecule has 0 saturated carbocycles. The van der Waals surface area contributed by atoms with E-state index in [0.29, 0.717) is 5.75 Å². The van der Waals surface area contributed by atoms with E-state index in [1.54, 1.807) is 13.8 Å². The predicted molar refractivity (Wildman–Crippen MR) is 62.8 cm³/mol. The van der Waals surface area contributed by atoms with Crippen LogP contribution in [0.3, 0.4) is 0 Å². The first-order valence-electron chi connectivity index (χ1n) is 5.37. The molecule has 0 aromatic heterocycles. The van der Waals surface area contributed by atoms with Gasteiger partial charge in [-0.1, -0.05) is 0 Å². The van der Waals surface area contributed by atoms with Crippen LogP contribution in [0.5, 0.6) is 11.5 Å². The van der Waals surface area contributed by atoms with Gasteiger partial charge in [-0.25, -0.2) is 0 Å². The molecular weight excluding hydrogens is 238 g/mol. The number of aliphatic carboxylic acids is 1.